The predicted octanol–water partition coefficient (Wildman–Crippen LogP) is 2.33. The molecule has 0 bridgehead atoms. The molecular formula is C7H5BrINO2. The molecule has 0 spiro atoms. The first-order chi connectivity index (χ1) is 5.54. The van der Waals surface area contributed by atoms with Gasteiger partial charge in [-0.25, -0.2) is 4.79 Å². The molecule has 0 saturated carbocycles. The molecule has 0 aromatic heterocycles. The van der Waals surface area contributed by atoms with Crippen molar-refractivity contribution in [2.24, 2.45) is 0 Å². The lowest BCUT2D eigenvalue weighted by Crippen LogP contribution is -2.05. The monoisotopic (exact) mass is 341 g/mol. The number of hydrogen-bond acceptors (Lipinski definition) is 2. The standard InChI is InChI=1S/C7H5BrINO2/c8-3-1-2-4(10)5(6(3)9)7(11)12/h1-2H,10H2,(H,11,12). The largest absolute Gasteiger partial charge is 0.478 e. The molecule has 1 rings (SSSR count). The van der Waals surface area contributed by atoms with Crippen molar-refractivity contribution in [3.63, 3.8) is 0 Å². The lowest BCUT2D eigenvalue weighted by molar-refractivity contribution is 0.0697. The summed E-state index contributed by atoms with van der Waals surface area (Å²) in [5.74, 6) is -1.00. The number of nitrogen functional groups attached to an aromatic ring is 1. The van der Waals surface area contributed by atoms with E-state index in [1.165, 1.54) is 0 Å². The topological polar surface area (TPSA) is 63.3 Å². The summed E-state index contributed by atoms with van der Waals surface area (Å²) in [4.78, 5) is 10.7. The zero-order chi connectivity index (χ0) is 9.30. The molecule has 1 aromatic carbocycles. The van der Waals surface area contributed by atoms with Crippen LogP contribution in [0.25, 0.3) is 0 Å². The van der Waals surface area contributed by atoms with Crippen LogP contribution >= 0.6 is 38.5 Å². The van der Waals surface area contributed by atoms with E-state index in [-0.39, 0.29) is 11.3 Å². The smallest absolute Gasteiger partial charge is 0.338 e. The second kappa shape index (κ2) is 3.61. The Labute approximate surface area is 91.2 Å². The molecule has 0 heterocycles. The van der Waals surface area contributed by atoms with Crippen LogP contribution in [0.4, 0.5) is 5.69 Å². The van der Waals surface area contributed by atoms with E-state index in [0.29, 0.717) is 3.57 Å². The molecule has 0 aliphatic carbocycles. The molecule has 0 aliphatic heterocycles. The van der Waals surface area contributed by atoms with Gasteiger partial charge in [0.2, 0.25) is 0 Å². The van der Waals surface area contributed by atoms with Crippen LogP contribution in [0.5, 0.6) is 0 Å². The highest BCUT2D eigenvalue weighted by Crippen LogP contribution is 2.26. The maximum absolute atomic E-state index is 10.7. The molecule has 12 heavy (non-hydrogen) atoms. The summed E-state index contributed by atoms with van der Waals surface area (Å²) in [6, 6.07) is 3.29. The van der Waals surface area contributed by atoms with Gasteiger partial charge in [0.25, 0.3) is 0 Å². The van der Waals surface area contributed by atoms with Gasteiger partial charge in [0.15, 0.2) is 0 Å². The second-order valence-electron chi connectivity index (χ2n) is 2.13. The van der Waals surface area contributed by atoms with E-state index in [0.717, 1.165) is 4.47 Å². The van der Waals surface area contributed by atoms with Crippen LogP contribution in [0, 0.1) is 3.57 Å². The molecule has 0 fully saturated rings. The van der Waals surface area contributed by atoms with E-state index in [9.17, 15) is 4.79 Å². The fraction of sp³-hybridized carbons (Fsp3) is 0. The van der Waals surface area contributed by atoms with Gasteiger partial charge in [0.1, 0.15) is 0 Å². The summed E-state index contributed by atoms with van der Waals surface area (Å²) in [5, 5.41) is 8.77. The minimum absolute atomic E-state index is 0.157. The Hall–Kier alpha value is -0.300. The van der Waals surface area contributed by atoms with Gasteiger partial charge in [-0.1, -0.05) is 0 Å². The van der Waals surface area contributed by atoms with Crippen molar-refractivity contribution in [1.29, 1.82) is 0 Å². The molecule has 0 saturated heterocycles. The van der Waals surface area contributed by atoms with E-state index in [1.807, 2.05) is 22.6 Å². The van der Waals surface area contributed by atoms with Gasteiger partial charge < -0.3 is 10.8 Å². The highest BCUT2D eigenvalue weighted by atomic mass is 127. The summed E-state index contributed by atoms with van der Waals surface area (Å²) >= 11 is 5.16. The second-order valence-corrected chi connectivity index (χ2v) is 4.06. The van der Waals surface area contributed by atoms with E-state index in [1.54, 1.807) is 12.1 Å². The quantitative estimate of drug-likeness (QED) is 0.608. The zero-order valence-corrected chi connectivity index (χ0v) is 9.59. The number of hydrogen-bond donors (Lipinski definition) is 2. The average molecular weight is 342 g/mol. The summed E-state index contributed by atoms with van der Waals surface area (Å²) in [7, 11) is 0. The van der Waals surface area contributed by atoms with Crippen molar-refractivity contribution >= 4 is 50.2 Å². The predicted molar refractivity (Wildman–Crippen MR) is 58.2 cm³/mol. The molecule has 64 valence electrons. The van der Waals surface area contributed by atoms with Crippen LogP contribution in [-0.4, -0.2) is 11.1 Å². The molecule has 5 heteroatoms. The number of rotatable bonds is 1. The summed E-state index contributed by atoms with van der Waals surface area (Å²) < 4.78 is 1.37. The number of carboxylic acid groups (broad SMARTS) is 1. The minimum atomic E-state index is -1.00. The van der Waals surface area contributed by atoms with Crippen molar-refractivity contribution in [2.45, 2.75) is 0 Å². The van der Waals surface area contributed by atoms with Crippen molar-refractivity contribution in [1.82, 2.24) is 0 Å². The molecular weight excluding hydrogens is 337 g/mol. The first-order valence-electron chi connectivity index (χ1n) is 3.01. The molecule has 0 aliphatic rings. The fourth-order valence-electron chi connectivity index (χ4n) is 0.783. The molecule has 3 nitrogen and oxygen atoms in total. The van der Waals surface area contributed by atoms with Crippen LogP contribution in [-0.2, 0) is 0 Å². The van der Waals surface area contributed by atoms with Crippen LogP contribution < -0.4 is 5.73 Å². The van der Waals surface area contributed by atoms with E-state index in [4.69, 9.17) is 10.8 Å². The van der Waals surface area contributed by atoms with Gasteiger partial charge in [-0.2, -0.15) is 0 Å². The van der Waals surface area contributed by atoms with Gasteiger partial charge in [-0.15, -0.1) is 0 Å². The SMILES string of the molecule is Nc1ccc(Br)c(I)c1C(=O)O. The maximum atomic E-state index is 10.7. The van der Waals surface area contributed by atoms with E-state index < -0.39 is 5.97 Å². The Balaban J connectivity index is 3.43. The van der Waals surface area contributed by atoms with Gasteiger partial charge in [0.05, 0.1) is 5.56 Å². The number of anilines is 1. The minimum Gasteiger partial charge on any atom is -0.478 e. The molecule has 0 radical (unpaired) electrons. The summed E-state index contributed by atoms with van der Waals surface area (Å²) in [6.07, 6.45) is 0. The number of benzene rings is 1. The van der Waals surface area contributed by atoms with Crippen LogP contribution in [0.3, 0.4) is 0 Å². The summed E-state index contributed by atoms with van der Waals surface area (Å²) in [5.41, 5.74) is 5.93. The average Bonchev–Trinajstić information content (AvgIpc) is 1.97. The number of aromatic carboxylic acids is 1. The fourth-order valence-corrected chi connectivity index (χ4v) is 1.84. The van der Waals surface area contributed by atoms with E-state index >= 15 is 0 Å². The molecule has 0 amide bonds. The molecule has 0 unspecified atom stereocenters. The zero-order valence-electron chi connectivity index (χ0n) is 5.84. The number of nitrogens with two attached hydrogens (primary N) is 1. The number of carbonyl (C=O) groups is 1. The Kier molecular flexibility index (Phi) is 2.94. The molecule has 0 atom stereocenters. The van der Waals surface area contributed by atoms with Crippen LogP contribution in [0.15, 0.2) is 16.6 Å². The lowest BCUT2D eigenvalue weighted by Gasteiger charge is -2.04. The third kappa shape index (κ3) is 1.71. The van der Waals surface area contributed by atoms with Gasteiger partial charge >= 0.3 is 5.97 Å². The maximum Gasteiger partial charge on any atom is 0.338 e. The van der Waals surface area contributed by atoms with Gasteiger partial charge in [-0.3, -0.25) is 0 Å². The molecule has 1 aromatic rings. The van der Waals surface area contributed by atoms with Crippen molar-refractivity contribution in [3.05, 3.63) is 25.7 Å². The Morgan fingerprint density at radius 2 is 2.17 bits per heavy atom. The Bertz CT molecular complexity index is 340. The van der Waals surface area contributed by atoms with Crippen LogP contribution in [0.1, 0.15) is 10.4 Å². The van der Waals surface area contributed by atoms with Crippen LogP contribution in [0.2, 0.25) is 0 Å². The molecule has 3 N–H and O–H groups in total. The first-order valence-corrected chi connectivity index (χ1v) is 4.88. The lowest BCUT2D eigenvalue weighted by atomic mass is 10.2. The van der Waals surface area contributed by atoms with Gasteiger partial charge in [0, 0.05) is 13.7 Å². The van der Waals surface area contributed by atoms with E-state index in [2.05, 4.69) is 15.9 Å². The van der Waals surface area contributed by atoms with Gasteiger partial charge in [-0.05, 0) is 50.7 Å². The number of carboxylic acids is 1. The third-order valence-corrected chi connectivity index (χ3v) is 3.86. The third-order valence-electron chi connectivity index (χ3n) is 1.34. The Morgan fingerprint density at radius 1 is 1.58 bits per heavy atom. The first kappa shape index (κ1) is 9.79. The number of halogens is 2. The highest BCUT2D eigenvalue weighted by molar-refractivity contribution is 14.1. The van der Waals surface area contributed by atoms with Crippen molar-refractivity contribution in [2.75, 3.05) is 5.73 Å². The summed E-state index contributed by atoms with van der Waals surface area (Å²) in [6.45, 7) is 0. The highest BCUT2D eigenvalue weighted by Gasteiger charge is 2.14. The normalized spacial score (nSPS) is 9.83. The van der Waals surface area contributed by atoms with Crippen molar-refractivity contribution in [3.8, 4) is 0 Å². The Morgan fingerprint density at radius 3 is 2.58 bits per heavy atom. The van der Waals surface area contributed by atoms with Crippen molar-refractivity contribution < 1.29 is 9.90 Å².